The lowest BCUT2D eigenvalue weighted by atomic mass is 10.2. The van der Waals surface area contributed by atoms with Crippen LogP contribution in [0, 0.1) is 0 Å². The van der Waals surface area contributed by atoms with Crippen molar-refractivity contribution < 1.29 is 4.79 Å². The molecule has 0 aliphatic rings. The Morgan fingerprint density at radius 3 is 2.43 bits per heavy atom. The van der Waals surface area contributed by atoms with Crippen LogP contribution in [0.1, 0.15) is 12.5 Å². The summed E-state index contributed by atoms with van der Waals surface area (Å²) in [6.45, 7) is 2.47. The highest BCUT2D eigenvalue weighted by atomic mass is 32.2. The van der Waals surface area contributed by atoms with Crippen molar-refractivity contribution in [3.8, 4) is 11.4 Å². The molecule has 0 aliphatic heterocycles. The third-order valence-electron chi connectivity index (χ3n) is 4.51. The molecular weight excluding hydrogens is 394 g/mol. The lowest BCUT2D eigenvalue weighted by molar-refractivity contribution is -0.115. The van der Waals surface area contributed by atoms with Crippen molar-refractivity contribution in [1.82, 2.24) is 19.7 Å². The molecule has 0 radical (unpaired) electrons. The summed E-state index contributed by atoms with van der Waals surface area (Å²) in [6, 6.07) is 23.4. The quantitative estimate of drug-likeness (QED) is 0.450. The Labute approximate surface area is 179 Å². The minimum atomic E-state index is -0.342. The Balaban J connectivity index is 1.59. The predicted octanol–water partition coefficient (Wildman–Crippen LogP) is 4.51. The number of anilines is 1. The first-order valence-corrected chi connectivity index (χ1v) is 10.5. The molecule has 150 valence electrons. The van der Waals surface area contributed by atoms with Gasteiger partial charge in [-0.3, -0.25) is 14.3 Å². The molecular formula is C23H21N5OS. The van der Waals surface area contributed by atoms with Crippen molar-refractivity contribution in [3.05, 3.63) is 90.8 Å². The van der Waals surface area contributed by atoms with E-state index in [9.17, 15) is 4.79 Å². The van der Waals surface area contributed by atoms with E-state index in [0.29, 0.717) is 11.7 Å². The summed E-state index contributed by atoms with van der Waals surface area (Å²) in [6.07, 6.45) is 3.50. The van der Waals surface area contributed by atoms with E-state index in [1.165, 1.54) is 11.8 Å². The Morgan fingerprint density at radius 2 is 1.73 bits per heavy atom. The lowest BCUT2D eigenvalue weighted by Crippen LogP contribution is -2.23. The molecule has 0 aliphatic carbocycles. The van der Waals surface area contributed by atoms with Crippen LogP contribution in [0.15, 0.2) is 90.3 Å². The number of amides is 1. The van der Waals surface area contributed by atoms with Crippen molar-refractivity contribution in [3.63, 3.8) is 0 Å². The summed E-state index contributed by atoms with van der Waals surface area (Å²) >= 11 is 1.39. The molecule has 30 heavy (non-hydrogen) atoms. The molecule has 4 rings (SSSR count). The van der Waals surface area contributed by atoms with Crippen molar-refractivity contribution >= 4 is 23.4 Å². The van der Waals surface area contributed by atoms with Gasteiger partial charge in [0.1, 0.15) is 0 Å². The summed E-state index contributed by atoms with van der Waals surface area (Å²) < 4.78 is 2.03. The number of benzene rings is 2. The highest BCUT2D eigenvalue weighted by Gasteiger charge is 2.21. The zero-order valence-electron chi connectivity index (χ0n) is 16.5. The van der Waals surface area contributed by atoms with Gasteiger partial charge in [0.2, 0.25) is 5.91 Å². The van der Waals surface area contributed by atoms with Gasteiger partial charge < -0.3 is 5.32 Å². The van der Waals surface area contributed by atoms with E-state index in [-0.39, 0.29) is 11.2 Å². The van der Waals surface area contributed by atoms with E-state index >= 15 is 0 Å². The van der Waals surface area contributed by atoms with Crippen molar-refractivity contribution in [1.29, 1.82) is 0 Å². The first-order chi connectivity index (χ1) is 14.7. The van der Waals surface area contributed by atoms with Gasteiger partial charge in [0.25, 0.3) is 0 Å². The van der Waals surface area contributed by atoms with Crippen LogP contribution >= 0.6 is 11.8 Å². The lowest BCUT2D eigenvalue weighted by Gasteiger charge is -2.14. The van der Waals surface area contributed by atoms with Crippen LogP contribution in [0.25, 0.3) is 11.4 Å². The van der Waals surface area contributed by atoms with E-state index in [1.807, 2.05) is 72.2 Å². The second-order valence-electron chi connectivity index (χ2n) is 6.73. The fourth-order valence-corrected chi connectivity index (χ4v) is 3.82. The van der Waals surface area contributed by atoms with Crippen LogP contribution in [0.2, 0.25) is 0 Å². The molecule has 0 bridgehead atoms. The Hall–Kier alpha value is -3.45. The fourth-order valence-electron chi connectivity index (χ4n) is 2.97. The number of thioether (sulfide) groups is 1. The van der Waals surface area contributed by atoms with E-state index in [2.05, 4.69) is 32.6 Å². The normalized spacial score (nSPS) is 11.8. The molecule has 1 N–H and O–H groups in total. The summed E-state index contributed by atoms with van der Waals surface area (Å²) in [4.78, 5) is 16.9. The van der Waals surface area contributed by atoms with Crippen LogP contribution in [-0.4, -0.2) is 30.9 Å². The van der Waals surface area contributed by atoms with Crippen LogP contribution in [-0.2, 0) is 11.3 Å². The molecule has 2 aromatic carbocycles. The summed E-state index contributed by atoms with van der Waals surface area (Å²) in [5, 5.41) is 12.1. The zero-order chi connectivity index (χ0) is 20.8. The summed E-state index contributed by atoms with van der Waals surface area (Å²) in [5.41, 5.74) is 2.79. The average molecular weight is 416 g/mol. The van der Waals surface area contributed by atoms with E-state index in [4.69, 9.17) is 0 Å². The minimum absolute atomic E-state index is 0.0802. The molecule has 0 fully saturated rings. The van der Waals surface area contributed by atoms with Gasteiger partial charge in [-0.25, -0.2) is 0 Å². The first-order valence-electron chi connectivity index (χ1n) is 9.61. The van der Waals surface area contributed by atoms with Crippen molar-refractivity contribution in [2.24, 2.45) is 0 Å². The van der Waals surface area contributed by atoms with Gasteiger partial charge in [-0.1, -0.05) is 60.3 Å². The number of hydrogen-bond acceptors (Lipinski definition) is 5. The second-order valence-corrected chi connectivity index (χ2v) is 8.04. The van der Waals surface area contributed by atoms with Crippen LogP contribution < -0.4 is 5.32 Å². The molecule has 2 aromatic heterocycles. The SMILES string of the molecule is C[C@@H](Sc1nnc(-c2cccnc2)n1Cc1ccccc1)C(=O)Nc1ccccc1. The standard InChI is InChI=1S/C23H21N5OS/c1-17(22(29)25-20-12-6-3-7-13-20)30-23-27-26-21(19-11-8-14-24-15-19)28(23)16-18-9-4-2-5-10-18/h2-15,17H,16H2,1H3,(H,25,29)/t17-/m1/s1. The van der Waals surface area contributed by atoms with Gasteiger partial charge in [0, 0.05) is 23.6 Å². The third kappa shape index (κ3) is 4.75. The molecule has 0 spiro atoms. The fraction of sp³-hybridized carbons (Fsp3) is 0.130. The number of aromatic nitrogens is 4. The highest BCUT2D eigenvalue weighted by molar-refractivity contribution is 8.00. The number of rotatable bonds is 7. The van der Waals surface area contributed by atoms with Crippen LogP contribution in [0.3, 0.4) is 0 Å². The monoisotopic (exact) mass is 415 g/mol. The van der Waals surface area contributed by atoms with Gasteiger partial charge in [0.05, 0.1) is 11.8 Å². The highest BCUT2D eigenvalue weighted by Crippen LogP contribution is 2.28. The Bertz CT molecular complexity index is 1100. The maximum Gasteiger partial charge on any atom is 0.237 e. The number of pyridine rings is 1. The van der Waals surface area contributed by atoms with Crippen LogP contribution in [0.5, 0.6) is 0 Å². The number of hydrogen-bond donors (Lipinski definition) is 1. The zero-order valence-corrected chi connectivity index (χ0v) is 17.3. The molecule has 7 heteroatoms. The van der Waals surface area contributed by atoms with Gasteiger partial charge in [-0.15, -0.1) is 10.2 Å². The average Bonchev–Trinajstić information content (AvgIpc) is 3.17. The Kier molecular flexibility index (Phi) is 6.20. The number of carbonyl (C=O) groups is 1. The maximum absolute atomic E-state index is 12.7. The second kappa shape index (κ2) is 9.37. The molecule has 2 heterocycles. The van der Waals surface area contributed by atoms with E-state index in [0.717, 1.165) is 22.6 Å². The maximum atomic E-state index is 12.7. The van der Waals surface area contributed by atoms with Gasteiger partial charge in [-0.2, -0.15) is 0 Å². The first kappa shape index (κ1) is 19.8. The largest absolute Gasteiger partial charge is 0.325 e. The molecule has 6 nitrogen and oxygen atoms in total. The molecule has 1 amide bonds. The van der Waals surface area contributed by atoms with Crippen molar-refractivity contribution in [2.75, 3.05) is 5.32 Å². The van der Waals surface area contributed by atoms with Gasteiger partial charge in [-0.05, 0) is 36.8 Å². The van der Waals surface area contributed by atoms with Gasteiger partial charge >= 0.3 is 0 Å². The molecule has 4 aromatic rings. The van der Waals surface area contributed by atoms with E-state index in [1.54, 1.807) is 12.4 Å². The number of nitrogens with one attached hydrogen (secondary N) is 1. The molecule has 0 unspecified atom stereocenters. The molecule has 0 saturated heterocycles. The minimum Gasteiger partial charge on any atom is -0.325 e. The number of para-hydroxylation sites is 1. The van der Waals surface area contributed by atoms with Gasteiger partial charge in [0.15, 0.2) is 11.0 Å². The molecule has 0 saturated carbocycles. The summed E-state index contributed by atoms with van der Waals surface area (Å²) in [7, 11) is 0. The smallest absolute Gasteiger partial charge is 0.237 e. The summed E-state index contributed by atoms with van der Waals surface area (Å²) in [5.74, 6) is 0.647. The topological polar surface area (TPSA) is 72.7 Å². The van der Waals surface area contributed by atoms with Crippen LogP contribution in [0.4, 0.5) is 5.69 Å². The van der Waals surface area contributed by atoms with E-state index < -0.39 is 0 Å². The number of nitrogens with zero attached hydrogens (tertiary/aromatic N) is 4. The molecule has 1 atom stereocenters. The predicted molar refractivity (Wildman–Crippen MR) is 119 cm³/mol. The van der Waals surface area contributed by atoms with Crippen molar-refractivity contribution in [2.45, 2.75) is 23.9 Å². The Morgan fingerprint density at radius 1 is 1.00 bits per heavy atom. The number of carbonyl (C=O) groups excluding carboxylic acids is 1. The third-order valence-corrected chi connectivity index (χ3v) is 5.59.